The molecule has 0 aromatic heterocycles. The van der Waals surface area contributed by atoms with E-state index < -0.39 is 16.1 Å². The Morgan fingerprint density at radius 1 is 1.07 bits per heavy atom. The van der Waals surface area contributed by atoms with Gasteiger partial charge in [0, 0.05) is 25.6 Å². The van der Waals surface area contributed by atoms with E-state index in [4.69, 9.17) is 27.9 Å². The van der Waals surface area contributed by atoms with Gasteiger partial charge >= 0.3 is 0 Å². The molecule has 11 heteroatoms. The molecule has 3 rings (SSSR count). The smallest absolute Gasteiger partial charge is 0.243 e. The lowest BCUT2D eigenvalue weighted by Gasteiger charge is -2.32. The third kappa shape index (κ3) is 8.75. The minimum Gasteiger partial charge on any atom is -0.492 e. The molecule has 0 spiro atoms. The summed E-state index contributed by atoms with van der Waals surface area (Å²) in [6.45, 7) is 4.35. The van der Waals surface area contributed by atoms with E-state index in [-0.39, 0.29) is 43.8 Å². The highest BCUT2D eigenvalue weighted by atomic mass is 35.5. The van der Waals surface area contributed by atoms with Crippen LogP contribution < -0.4 is 14.4 Å². The van der Waals surface area contributed by atoms with Crippen LogP contribution in [-0.2, 0) is 26.2 Å². The number of rotatable bonds is 14. The van der Waals surface area contributed by atoms with Crippen molar-refractivity contribution in [1.82, 2.24) is 10.2 Å². The highest BCUT2D eigenvalue weighted by Crippen LogP contribution is 2.30. The first-order valence-electron chi connectivity index (χ1n) is 13.8. The van der Waals surface area contributed by atoms with E-state index in [1.54, 1.807) is 47.4 Å². The second-order valence-electron chi connectivity index (χ2n) is 10.0. The van der Waals surface area contributed by atoms with Crippen molar-refractivity contribution in [2.45, 2.75) is 77.4 Å². The number of halogens is 2. The summed E-state index contributed by atoms with van der Waals surface area (Å²) >= 11 is 12.3. The number of nitrogens with one attached hydrogen (secondary N) is 1. The van der Waals surface area contributed by atoms with Crippen molar-refractivity contribution >= 4 is 50.7 Å². The summed E-state index contributed by atoms with van der Waals surface area (Å²) in [5, 5.41) is 3.90. The molecule has 0 aliphatic heterocycles. The molecule has 1 N–H and O–H groups in total. The first-order chi connectivity index (χ1) is 19.0. The Morgan fingerprint density at radius 2 is 1.77 bits per heavy atom. The van der Waals surface area contributed by atoms with Crippen LogP contribution in [0.1, 0.15) is 64.4 Å². The molecule has 1 fully saturated rings. The Bertz CT molecular complexity index is 1270. The first-order valence-corrected chi connectivity index (χ1v) is 16.4. The predicted molar refractivity (Wildman–Crippen MR) is 161 cm³/mol. The lowest BCUT2D eigenvalue weighted by molar-refractivity contribution is -0.141. The normalized spacial score (nSPS) is 14.5. The van der Waals surface area contributed by atoms with Crippen molar-refractivity contribution in [3.63, 3.8) is 0 Å². The molecule has 8 nitrogen and oxygen atoms in total. The number of ether oxygens (including phenoxy) is 1. The van der Waals surface area contributed by atoms with E-state index in [0.29, 0.717) is 34.5 Å². The molecule has 1 atom stereocenters. The molecule has 1 aliphatic rings. The molecule has 0 saturated heterocycles. The second-order valence-corrected chi connectivity index (χ2v) is 12.7. The summed E-state index contributed by atoms with van der Waals surface area (Å²) in [5.41, 5.74) is 1.17. The van der Waals surface area contributed by atoms with Gasteiger partial charge in [-0.05, 0) is 62.4 Å². The fraction of sp³-hybridized carbons (Fsp3) is 0.517. The number of amides is 2. The summed E-state index contributed by atoms with van der Waals surface area (Å²) in [7, 11) is -3.65. The molecule has 220 valence electrons. The number of hydrogen-bond donors (Lipinski definition) is 1. The van der Waals surface area contributed by atoms with Crippen molar-refractivity contribution < 1.29 is 22.7 Å². The van der Waals surface area contributed by atoms with Gasteiger partial charge in [-0.25, -0.2) is 8.42 Å². The maximum Gasteiger partial charge on any atom is 0.243 e. The van der Waals surface area contributed by atoms with Gasteiger partial charge in [-0.2, -0.15) is 0 Å². The Morgan fingerprint density at radius 3 is 2.40 bits per heavy atom. The van der Waals surface area contributed by atoms with Crippen LogP contribution in [0.3, 0.4) is 0 Å². The topological polar surface area (TPSA) is 96.0 Å². The molecular formula is C29H39Cl2N3O5S. The van der Waals surface area contributed by atoms with Crippen LogP contribution in [0.15, 0.2) is 42.5 Å². The molecule has 1 saturated carbocycles. The molecule has 40 heavy (non-hydrogen) atoms. The number of carbonyl (C=O) groups is 2. The first kappa shape index (κ1) is 32.0. The zero-order valence-electron chi connectivity index (χ0n) is 23.4. The Balaban J connectivity index is 1.80. The third-order valence-electron chi connectivity index (χ3n) is 7.01. The van der Waals surface area contributed by atoms with Crippen molar-refractivity contribution in [3.8, 4) is 5.75 Å². The molecule has 2 aromatic carbocycles. The number of benzene rings is 2. The highest BCUT2D eigenvalue weighted by molar-refractivity contribution is 7.92. The van der Waals surface area contributed by atoms with Gasteiger partial charge in [-0.1, -0.05) is 61.2 Å². The average Bonchev–Trinajstić information content (AvgIpc) is 3.41. The SMILES string of the molecule is CCOc1ccccc1N(CCCC(=O)N(Cc1ccc(Cl)c(Cl)c1)C(CC)C(=O)NC1CCCC1)S(C)(=O)=O. The predicted octanol–water partition coefficient (Wildman–Crippen LogP) is 5.80. The standard InChI is InChI=1S/C29H39Cl2N3O5S/c1-4-25(29(36)32-22-11-6-7-12-22)33(20-21-16-17-23(30)24(31)19-21)28(35)15-10-18-34(40(3,37)38)26-13-8-9-14-27(26)39-5-2/h8-9,13-14,16-17,19,22,25H,4-7,10-12,15,18,20H2,1-3H3,(H,32,36). The number of anilines is 1. The molecule has 0 radical (unpaired) electrons. The van der Waals surface area contributed by atoms with Crippen molar-refractivity contribution in [2.24, 2.45) is 0 Å². The van der Waals surface area contributed by atoms with Crippen LogP contribution in [0.4, 0.5) is 5.69 Å². The largest absolute Gasteiger partial charge is 0.492 e. The molecule has 1 unspecified atom stereocenters. The molecule has 1 aliphatic carbocycles. The van der Waals surface area contributed by atoms with Gasteiger partial charge in [0.1, 0.15) is 11.8 Å². The maximum atomic E-state index is 13.7. The van der Waals surface area contributed by atoms with Crippen LogP contribution in [0, 0.1) is 0 Å². The van der Waals surface area contributed by atoms with Crippen LogP contribution in [-0.4, -0.2) is 56.6 Å². The van der Waals surface area contributed by atoms with Crippen LogP contribution in [0.2, 0.25) is 10.0 Å². The van der Waals surface area contributed by atoms with Gasteiger partial charge in [0.25, 0.3) is 0 Å². The second kappa shape index (κ2) is 14.9. The van der Waals surface area contributed by atoms with E-state index in [1.807, 2.05) is 13.8 Å². The van der Waals surface area contributed by atoms with Crippen molar-refractivity contribution in [3.05, 3.63) is 58.1 Å². The number of nitrogens with zero attached hydrogens (tertiary/aromatic N) is 2. The minimum absolute atomic E-state index is 0.0529. The molecule has 2 aromatic rings. The van der Waals surface area contributed by atoms with Gasteiger partial charge in [-0.3, -0.25) is 13.9 Å². The summed E-state index contributed by atoms with van der Waals surface area (Å²) in [4.78, 5) is 28.6. The Kier molecular flexibility index (Phi) is 12.0. The fourth-order valence-electron chi connectivity index (χ4n) is 5.04. The lowest BCUT2D eigenvalue weighted by Crippen LogP contribution is -2.51. The average molecular weight is 613 g/mol. The molecule has 0 bridgehead atoms. The summed E-state index contributed by atoms with van der Waals surface area (Å²) in [6, 6.07) is 11.5. The maximum absolute atomic E-state index is 13.7. The van der Waals surface area contributed by atoms with Gasteiger partial charge in [-0.15, -0.1) is 0 Å². The third-order valence-corrected chi connectivity index (χ3v) is 8.93. The minimum atomic E-state index is -3.65. The van der Waals surface area contributed by atoms with E-state index >= 15 is 0 Å². The van der Waals surface area contributed by atoms with Crippen molar-refractivity contribution in [1.29, 1.82) is 0 Å². The number of carbonyl (C=O) groups excluding carboxylic acids is 2. The highest BCUT2D eigenvalue weighted by Gasteiger charge is 2.31. The van der Waals surface area contributed by atoms with Gasteiger partial charge in [0.05, 0.1) is 28.6 Å². The number of hydrogen-bond acceptors (Lipinski definition) is 5. The van der Waals surface area contributed by atoms with E-state index in [9.17, 15) is 18.0 Å². The summed E-state index contributed by atoms with van der Waals surface area (Å²) in [5.74, 6) is 0.0369. The van der Waals surface area contributed by atoms with E-state index in [1.165, 1.54) is 4.31 Å². The molecule has 2 amide bonds. The van der Waals surface area contributed by atoms with Crippen LogP contribution in [0.25, 0.3) is 0 Å². The van der Waals surface area contributed by atoms with Crippen LogP contribution in [0.5, 0.6) is 5.75 Å². The molecular weight excluding hydrogens is 573 g/mol. The van der Waals surface area contributed by atoms with Gasteiger partial charge in [0.2, 0.25) is 21.8 Å². The lowest BCUT2D eigenvalue weighted by atomic mass is 10.1. The zero-order valence-corrected chi connectivity index (χ0v) is 25.7. The fourth-order valence-corrected chi connectivity index (χ4v) is 6.33. The monoisotopic (exact) mass is 611 g/mol. The zero-order chi connectivity index (χ0) is 29.3. The Hall–Kier alpha value is -2.49. The summed E-state index contributed by atoms with van der Waals surface area (Å²) in [6.07, 6.45) is 5.91. The Labute approximate surface area is 248 Å². The number of para-hydroxylation sites is 2. The van der Waals surface area contributed by atoms with Crippen LogP contribution >= 0.6 is 23.2 Å². The molecule has 0 heterocycles. The van der Waals surface area contributed by atoms with Crippen molar-refractivity contribution in [2.75, 3.05) is 23.7 Å². The van der Waals surface area contributed by atoms with E-state index in [2.05, 4.69) is 5.32 Å². The van der Waals surface area contributed by atoms with E-state index in [0.717, 1.165) is 37.5 Å². The number of sulfonamides is 1. The quantitative estimate of drug-likeness (QED) is 0.291. The van der Waals surface area contributed by atoms with Gasteiger partial charge < -0.3 is 15.0 Å². The van der Waals surface area contributed by atoms with Gasteiger partial charge in [0.15, 0.2) is 0 Å². The summed E-state index contributed by atoms with van der Waals surface area (Å²) < 4.78 is 32.3.